The Hall–Kier alpha value is -1.35. The summed E-state index contributed by atoms with van der Waals surface area (Å²) in [6.45, 7) is 3.85. The van der Waals surface area contributed by atoms with Crippen molar-refractivity contribution in [2.45, 2.75) is 19.8 Å². The zero-order valence-electron chi connectivity index (χ0n) is 10.1. The lowest BCUT2D eigenvalue weighted by molar-refractivity contribution is -0.138. The van der Waals surface area contributed by atoms with E-state index >= 15 is 0 Å². The molecule has 1 saturated carbocycles. The summed E-state index contributed by atoms with van der Waals surface area (Å²) in [6, 6.07) is 8.50. The van der Waals surface area contributed by atoms with E-state index in [-0.39, 0.29) is 5.92 Å². The minimum atomic E-state index is -0.643. The molecule has 92 valence electrons. The number of nitrogens with one attached hydrogen (secondary N) is 1. The molecule has 2 N–H and O–H groups in total. The van der Waals surface area contributed by atoms with E-state index in [4.69, 9.17) is 5.11 Å². The highest BCUT2D eigenvalue weighted by Gasteiger charge is 2.42. The van der Waals surface area contributed by atoms with E-state index in [1.54, 1.807) is 0 Å². The highest BCUT2D eigenvalue weighted by molar-refractivity contribution is 5.73. The van der Waals surface area contributed by atoms with Crippen LogP contribution < -0.4 is 5.32 Å². The van der Waals surface area contributed by atoms with Crippen LogP contribution in [0.25, 0.3) is 0 Å². The van der Waals surface area contributed by atoms with Gasteiger partial charge >= 0.3 is 5.97 Å². The standard InChI is InChI=1S/C14H19NO2/c1-10-3-2-4-11(7-10)5-6-15-9-12-8-13(12)14(16)17/h2-4,7,12-13,15H,5-6,8-9H2,1H3,(H,16,17). The monoisotopic (exact) mass is 233 g/mol. The summed E-state index contributed by atoms with van der Waals surface area (Å²) in [5.74, 6) is -0.387. The summed E-state index contributed by atoms with van der Waals surface area (Å²) in [7, 11) is 0. The molecule has 1 aromatic rings. The minimum absolute atomic E-state index is 0.0959. The molecule has 0 radical (unpaired) electrons. The SMILES string of the molecule is Cc1cccc(CCNCC2CC2C(=O)O)c1. The number of carbonyl (C=O) groups is 1. The Morgan fingerprint density at radius 3 is 3.00 bits per heavy atom. The largest absolute Gasteiger partial charge is 0.481 e. The first-order valence-electron chi connectivity index (χ1n) is 6.16. The maximum atomic E-state index is 10.6. The van der Waals surface area contributed by atoms with Gasteiger partial charge in [0.2, 0.25) is 0 Å². The minimum Gasteiger partial charge on any atom is -0.481 e. The molecule has 3 nitrogen and oxygen atoms in total. The molecule has 1 aromatic carbocycles. The summed E-state index contributed by atoms with van der Waals surface area (Å²) in [5.41, 5.74) is 2.62. The molecule has 3 heteroatoms. The Morgan fingerprint density at radius 1 is 1.53 bits per heavy atom. The number of hydrogen-bond acceptors (Lipinski definition) is 2. The van der Waals surface area contributed by atoms with Crippen LogP contribution in [0.2, 0.25) is 0 Å². The molecule has 0 saturated heterocycles. The fraction of sp³-hybridized carbons (Fsp3) is 0.500. The normalized spacial score (nSPS) is 22.4. The second kappa shape index (κ2) is 5.32. The Morgan fingerprint density at radius 2 is 2.35 bits per heavy atom. The first kappa shape index (κ1) is 12.1. The summed E-state index contributed by atoms with van der Waals surface area (Å²) < 4.78 is 0. The van der Waals surface area contributed by atoms with E-state index in [1.807, 2.05) is 0 Å². The van der Waals surface area contributed by atoms with Crippen LogP contribution in [0.4, 0.5) is 0 Å². The van der Waals surface area contributed by atoms with Crippen LogP contribution in [0, 0.1) is 18.8 Å². The fourth-order valence-corrected chi connectivity index (χ4v) is 2.16. The van der Waals surface area contributed by atoms with Crippen LogP contribution in [0.3, 0.4) is 0 Å². The summed E-state index contributed by atoms with van der Waals surface area (Å²) in [6.07, 6.45) is 1.85. The van der Waals surface area contributed by atoms with Crippen molar-refractivity contribution in [2.24, 2.45) is 11.8 Å². The second-order valence-corrected chi connectivity index (χ2v) is 4.88. The van der Waals surface area contributed by atoms with Crippen molar-refractivity contribution in [3.63, 3.8) is 0 Å². The average molecular weight is 233 g/mol. The topological polar surface area (TPSA) is 49.3 Å². The van der Waals surface area contributed by atoms with Gasteiger partial charge in [-0.3, -0.25) is 4.79 Å². The predicted molar refractivity (Wildman–Crippen MR) is 67.0 cm³/mol. The quantitative estimate of drug-likeness (QED) is 0.737. The molecule has 0 heterocycles. The second-order valence-electron chi connectivity index (χ2n) is 4.88. The first-order valence-corrected chi connectivity index (χ1v) is 6.16. The molecule has 2 atom stereocenters. The van der Waals surface area contributed by atoms with Crippen molar-refractivity contribution >= 4 is 5.97 Å². The van der Waals surface area contributed by atoms with Crippen LogP contribution >= 0.6 is 0 Å². The van der Waals surface area contributed by atoms with Crippen molar-refractivity contribution in [3.05, 3.63) is 35.4 Å². The number of rotatable bonds is 6. The van der Waals surface area contributed by atoms with Crippen molar-refractivity contribution < 1.29 is 9.90 Å². The van der Waals surface area contributed by atoms with Gasteiger partial charge in [0.1, 0.15) is 0 Å². The maximum absolute atomic E-state index is 10.6. The molecule has 0 aliphatic heterocycles. The lowest BCUT2D eigenvalue weighted by Gasteiger charge is -2.04. The molecule has 2 rings (SSSR count). The molecule has 0 spiro atoms. The van der Waals surface area contributed by atoms with Crippen LogP contribution in [0.1, 0.15) is 17.5 Å². The van der Waals surface area contributed by atoms with Gasteiger partial charge in [0.25, 0.3) is 0 Å². The first-order chi connectivity index (χ1) is 8.16. The Kier molecular flexibility index (Phi) is 3.79. The van der Waals surface area contributed by atoms with Gasteiger partial charge in [-0.2, -0.15) is 0 Å². The van der Waals surface area contributed by atoms with Crippen molar-refractivity contribution in [2.75, 3.05) is 13.1 Å². The number of carboxylic acid groups (broad SMARTS) is 1. The average Bonchev–Trinajstić information content (AvgIpc) is 3.04. The lowest BCUT2D eigenvalue weighted by atomic mass is 10.1. The predicted octanol–water partition coefficient (Wildman–Crippen LogP) is 1.85. The van der Waals surface area contributed by atoms with Crippen molar-refractivity contribution in [1.82, 2.24) is 5.32 Å². The van der Waals surface area contributed by atoms with Crippen LogP contribution in [-0.2, 0) is 11.2 Å². The molecule has 1 fully saturated rings. The number of aryl methyl sites for hydroxylation is 1. The Balaban J connectivity index is 1.63. The number of aliphatic carboxylic acids is 1. The van der Waals surface area contributed by atoms with Gasteiger partial charge in [-0.15, -0.1) is 0 Å². The smallest absolute Gasteiger partial charge is 0.306 e. The van der Waals surface area contributed by atoms with Gasteiger partial charge in [0.05, 0.1) is 5.92 Å². The van der Waals surface area contributed by atoms with E-state index in [9.17, 15) is 4.79 Å². The zero-order valence-corrected chi connectivity index (χ0v) is 10.1. The summed E-state index contributed by atoms with van der Waals surface area (Å²) in [4.78, 5) is 10.6. The fourth-order valence-electron chi connectivity index (χ4n) is 2.16. The van der Waals surface area contributed by atoms with Crippen molar-refractivity contribution in [3.8, 4) is 0 Å². The van der Waals surface area contributed by atoms with E-state index in [1.165, 1.54) is 11.1 Å². The third kappa shape index (κ3) is 3.56. The highest BCUT2D eigenvalue weighted by Crippen LogP contribution is 2.37. The Bertz CT molecular complexity index is 403. The number of carboxylic acids is 1. The van der Waals surface area contributed by atoms with E-state index in [2.05, 4.69) is 36.5 Å². The van der Waals surface area contributed by atoms with Gasteiger partial charge in [-0.25, -0.2) is 0 Å². The maximum Gasteiger partial charge on any atom is 0.306 e. The molecule has 2 unspecified atom stereocenters. The molecule has 0 amide bonds. The summed E-state index contributed by atoms with van der Waals surface area (Å²) in [5, 5.41) is 12.1. The molecular weight excluding hydrogens is 214 g/mol. The molecule has 1 aliphatic carbocycles. The van der Waals surface area contributed by atoms with Crippen LogP contribution in [0.15, 0.2) is 24.3 Å². The van der Waals surface area contributed by atoms with E-state index in [0.717, 1.165) is 25.9 Å². The van der Waals surface area contributed by atoms with Crippen molar-refractivity contribution in [1.29, 1.82) is 0 Å². The molecular formula is C14H19NO2. The highest BCUT2D eigenvalue weighted by atomic mass is 16.4. The van der Waals surface area contributed by atoms with E-state index < -0.39 is 5.97 Å². The Labute approximate surface area is 102 Å². The number of benzene rings is 1. The van der Waals surface area contributed by atoms with Gasteiger partial charge in [-0.05, 0) is 44.3 Å². The number of hydrogen-bond donors (Lipinski definition) is 2. The van der Waals surface area contributed by atoms with E-state index in [0.29, 0.717) is 5.92 Å². The lowest BCUT2D eigenvalue weighted by Crippen LogP contribution is -2.21. The molecule has 0 bridgehead atoms. The third-order valence-electron chi connectivity index (χ3n) is 3.32. The molecule has 0 aromatic heterocycles. The van der Waals surface area contributed by atoms with Crippen LogP contribution in [-0.4, -0.2) is 24.2 Å². The van der Waals surface area contributed by atoms with Gasteiger partial charge in [0.15, 0.2) is 0 Å². The van der Waals surface area contributed by atoms with Gasteiger partial charge < -0.3 is 10.4 Å². The van der Waals surface area contributed by atoms with Gasteiger partial charge in [-0.1, -0.05) is 29.8 Å². The summed E-state index contributed by atoms with van der Waals surface area (Å²) >= 11 is 0. The van der Waals surface area contributed by atoms with Crippen LogP contribution in [0.5, 0.6) is 0 Å². The molecule has 1 aliphatic rings. The molecule has 17 heavy (non-hydrogen) atoms. The third-order valence-corrected chi connectivity index (χ3v) is 3.32. The zero-order chi connectivity index (χ0) is 12.3. The van der Waals surface area contributed by atoms with Gasteiger partial charge in [0, 0.05) is 0 Å².